The van der Waals surface area contributed by atoms with Gasteiger partial charge >= 0.3 is 5.97 Å². The molecule has 5 nitrogen and oxygen atoms in total. The third-order valence-corrected chi connectivity index (χ3v) is 3.29. The molecular weight excluding hydrogens is 256 g/mol. The van der Waals surface area contributed by atoms with E-state index in [1.54, 1.807) is 12.1 Å². The second kappa shape index (κ2) is 6.52. The summed E-state index contributed by atoms with van der Waals surface area (Å²) in [4.78, 5) is 15.7. The summed E-state index contributed by atoms with van der Waals surface area (Å²) in [6.07, 6.45) is 2.15. The molecule has 5 heteroatoms. The number of unbranched alkanes of at least 4 members (excludes halogenated alkanes) is 1. The number of hydrogen-bond acceptors (Lipinski definition) is 3. The number of rotatable bonds is 7. The predicted octanol–water partition coefficient (Wildman–Crippen LogP) is 2.86. The van der Waals surface area contributed by atoms with Crippen molar-refractivity contribution in [3.63, 3.8) is 0 Å². The van der Waals surface area contributed by atoms with E-state index in [0.717, 1.165) is 30.8 Å². The first-order valence-electron chi connectivity index (χ1n) is 6.92. The third-order valence-electron chi connectivity index (χ3n) is 3.29. The van der Waals surface area contributed by atoms with Gasteiger partial charge in [-0.05, 0) is 25.5 Å². The van der Waals surface area contributed by atoms with Crippen LogP contribution in [-0.4, -0.2) is 33.8 Å². The molecule has 1 aromatic heterocycles. The average Bonchev–Trinajstić information content (AvgIpc) is 2.74. The van der Waals surface area contributed by atoms with Gasteiger partial charge in [-0.3, -0.25) is 0 Å². The van der Waals surface area contributed by atoms with Crippen LogP contribution in [0.4, 0.5) is 0 Å². The van der Waals surface area contributed by atoms with E-state index in [4.69, 9.17) is 4.74 Å². The highest BCUT2D eigenvalue weighted by molar-refractivity contribution is 6.01. The minimum atomic E-state index is -0.927. The summed E-state index contributed by atoms with van der Waals surface area (Å²) in [5.41, 5.74) is 1.68. The Morgan fingerprint density at radius 2 is 2.20 bits per heavy atom. The second-order valence-corrected chi connectivity index (χ2v) is 4.76. The van der Waals surface area contributed by atoms with Gasteiger partial charge in [0.2, 0.25) is 0 Å². The highest BCUT2D eigenvalue weighted by Crippen LogP contribution is 2.20. The molecule has 0 saturated heterocycles. The maximum atomic E-state index is 11.3. The van der Waals surface area contributed by atoms with Crippen molar-refractivity contribution in [3.05, 3.63) is 29.6 Å². The van der Waals surface area contributed by atoms with Crippen molar-refractivity contribution in [2.75, 3.05) is 13.2 Å². The topological polar surface area (TPSA) is 64.4 Å². The molecule has 0 spiro atoms. The van der Waals surface area contributed by atoms with Gasteiger partial charge in [-0.25, -0.2) is 9.78 Å². The fraction of sp³-hybridized carbons (Fsp3) is 0.467. The van der Waals surface area contributed by atoms with Crippen LogP contribution in [0.1, 0.15) is 35.9 Å². The van der Waals surface area contributed by atoms with Crippen LogP contribution in [-0.2, 0) is 11.3 Å². The van der Waals surface area contributed by atoms with Crippen LogP contribution < -0.4 is 0 Å². The molecule has 0 saturated carbocycles. The fourth-order valence-electron chi connectivity index (χ4n) is 2.25. The standard InChI is InChI=1S/C15H20N2O3/c1-3-4-9-20-10-8-17-11(2)16-13-7-5-6-12(14(13)17)15(18)19/h5-7H,3-4,8-10H2,1-2H3,(H,18,19). The Hall–Kier alpha value is -1.88. The van der Waals surface area contributed by atoms with E-state index >= 15 is 0 Å². The van der Waals surface area contributed by atoms with Crippen LogP contribution in [0.2, 0.25) is 0 Å². The highest BCUT2D eigenvalue weighted by atomic mass is 16.5. The maximum absolute atomic E-state index is 11.3. The van der Waals surface area contributed by atoms with Crippen molar-refractivity contribution in [1.82, 2.24) is 9.55 Å². The smallest absolute Gasteiger partial charge is 0.337 e. The minimum Gasteiger partial charge on any atom is -0.478 e. The van der Waals surface area contributed by atoms with Gasteiger partial charge in [0.05, 0.1) is 23.2 Å². The van der Waals surface area contributed by atoms with Crippen molar-refractivity contribution in [1.29, 1.82) is 0 Å². The number of benzene rings is 1. The summed E-state index contributed by atoms with van der Waals surface area (Å²) in [6.45, 7) is 5.94. The Labute approximate surface area is 118 Å². The molecule has 1 aromatic carbocycles. The normalized spacial score (nSPS) is 11.1. The van der Waals surface area contributed by atoms with E-state index in [2.05, 4.69) is 11.9 Å². The molecule has 0 aliphatic rings. The molecule has 0 aliphatic carbocycles. The summed E-state index contributed by atoms with van der Waals surface area (Å²) >= 11 is 0. The Morgan fingerprint density at radius 1 is 1.40 bits per heavy atom. The van der Waals surface area contributed by atoms with Crippen LogP contribution in [0, 0.1) is 6.92 Å². The lowest BCUT2D eigenvalue weighted by Crippen LogP contribution is -2.10. The van der Waals surface area contributed by atoms with Gasteiger partial charge in [0.1, 0.15) is 5.82 Å². The number of hydrogen-bond donors (Lipinski definition) is 1. The largest absolute Gasteiger partial charge is 0.478 e. The zero-order chi connectivity index (χ0) is 14.5. The van der Waals surface area contributed by atoms with Gasteiger partial charge in [-0.2, -0.15) is 0 Å². The molecule has 2 rings (SSSR count). The number of para-hydroxylation sites is 1. The first-order chi connectivity index (χ1) is 9.65. The van der Waals surface area contributed by atoms with Gasteiger partial charge in [0.25, 0.3) is 0 Å². The van der Waals surface area contributed by atoms with E-state index in [9.17, 15) is 9.90 Å². The van der Waals surface area contributed by atoms with Gasteiger partial charge in [-0.15, -0.1) is 0 Å². The van der Waals surface area contributed by atoms with E-state index in [1.807, 2.05) is 17.6 Å². The van der Waals surface area contributed by atoms with Crippen LogP contribution in [0.5, 0.6) is 0 Å². The first-order valence-corrected chi connectivity index (χ1v) is 6.92. The molecule has 108 valence electrons. The van der Waals surface area contributed by atoms with E-state index < -0.39 is 5.97 Å². The number of carboxylic acids is 1. The molecule has 0 fully saturated rings. The maximum Gasteiger partial charge on any atom is 0.337 e. The molecule has 0 amide bonds. The molecule has 2 aromatic rings. The zero-order valence-corrected chi connectivity index (χ0v) is 11.9. The monoisotopic (exact) mass is 276 g/mol. The molecule has 0 atom stereocenters. The SMILES string of the molecule is CCCCOCCn1c(C)nc2cccc(C(=O)O)c21. The highest BCUT2D eigenvalue weighted by Gasteiger charge is 2.15. The molecule has 0 radical (unpaired) electrons. The minimum absolute atomic E-state index is 0.289. The Bertz CT molecular complexity index is 604. The quantitative estimate of drug-likeness (QED) is 0.790. The van der Waals surface area contributed by atoms with Gasteiger partial charge < -0.3 is 14.4 Å². The number of imidazole rings is 1. The van der Waals surface area contributed by atoms with Crippen LogP contribution in [0.3, 0.4) is 0 Å². The van der Waals surface area contributed by atoms with E-state index in [-0.39, 0.29) is 5.56 Å². The third kappa shape index (κ3) is 2.99. The number of aryl methyl sites for hydroxylation is 1. The van der Waals surface area contributed by atoms with Crippen molar-refractivity contribution in [2.45, 2.75) is 33.2 Å². The van der Waals surface area contributed by atoms with Crippen molar-refractivity contribution in [2.24, 2.45) is 0 Å². The fourth-order valence-corrected chi connectivity index (χ4v) is 2.25. The number of carbonyl (C=O) groups is 1. The Kier molecular flexibility index (Phi) is 4.74. The molecule has 0 bridgehead atoms. The van der Waals surface area contributed by atoms with Crippen LogP contribution in [0.15, 0.2) is 18.2 Å². The number of carboxylic acid groups (broad SMARTS) is 1. The number of aromatic carboxylic acids is 1. The summed E-state index contributed by atoms with van der Waals surface area (Å²) < 4.78 is 7.48. The lowest BCUT2D eigenvalue weighted by Gasteiger charge is -2.09. The van der Waals surface area contributed by atoms with Crippen LogP contribution in [0.25, 0.3) is 11.0 Å². The lowest BCUT2D eigenvalue weighted by molar-refractivity contribution is 0.0698. The lowest BCUT2D eigenvalue weighted by atomic mass is 10.2. The molecule has 0 unspecified atom stereocenters. The Morgan fingerprint density at radius 3 is 2.90 bits per heavy atom. The van der Waals surface area contributed by atoms with Gasteiger partial charge in [0.15, 0.2) is 0 Å². The summed E-state index contributed by atoms with van der Waals surface area (Å²) in [5, 5.41) is 9.29. The van der Waals surface area contributed by atoms with Crippen LogP contribution >= 0.6 is 0 Å². The van der Waals surface area contributed by atoms with Crippen molar-refractivity contribution < 1.29 is 14.6 Å². The average molecular weight is 276 g/mol. The number of nitrogens with zero attached hydrogens (tertiary/aromatic N) is 2. The molecule has 1 N–H and O–H groups in total. The Balaban J connectivity index is 2.23. The predicted molar refractivity (Wildman–Crippen MR) is 77.2 cm³/mol. The number of aromatic nitrogens is 2. The number of ether oxygens (including phenoxy) is 1. The van der Waals surface area contributed by atoms with E-state index in [1.165, 1.54) is 0 Å². The molecule has 1 heterocycles. The number of fused-ring (bicyclic) bond motifs is 1. The summed E-state index contributed by atoms with van der Waals surface area (Å²) in [5.74, 6) is -0.114. The van der Waals surface area contributed by atoms with Gasteiger partial charge in [-0.1, -0.05) is 19.4 Å². The van der Waals surface area contributed by atoms with E-state index in [0.29, 0.717) is 18.7 Å². The van der Waals surface area contributed by atoms with Crippen molar-refractivity contribution in [3.8, 4) is 0 Å². The first kappa shape index (κ1) is 14.5. The molecule has 20 heavy (non-hydrogen) atoms. The zero-order valence-electron chi connectivity index (χ0n) is 11.9. The molecular formula is C15H20N2O3. The van der Waals surface area contributed by atoms with Crippen molar-refractivity contribution >= 4 is 17.0 Å². The second-order valence-electron chi connectivity index (χ2n) is 4.76. The summed E-state index contributed by atoms with van der Waals surface area (Å²) in [7, 11) is 0. The summed E-state index contributed by atoms with van der Waals surface area (Å²) in [6, 6.07) is 5.17. The molecule has 0 aliphatic heterocycles. The van der Waals surface area contributed by atoms with Gasteiger partial charge in [0, 0.05) is 13.2 Å².